The zero-order chi connectivity index (χ0) is 11.5. The second kappa shape index (κ2) is 4.71. The van der Waals surface area contributed by atoms with Gasteiger partial charge in [-0.3, -0.25) is 4.57 Å². The first-order valence-electron chi connectivity index (χ1n) is 5.14. The molecule has 0 bridgehead atoms. The first-order chi connectivity index (χ1) is 7.00. The van der Waals surface area contributed by atoms with E-state index in [0.717, 1.165) is 5.56 Å². The van der Waals surface area contributed by atoms with Gasteiger partial charge in [-0.15, -0.1) is 0 Å². The molecule has 0 saturated heterocycles. The Morgan fingerprint density at radius 2 is 1.93 bits per heavy atom. The molecule has 1 aromatic carbocycles. The molecular formula is C11H18NO2P. The van der Waals surface area contributed by atoms with Crippen molar-refractivity contribution in [2.24, 2.45) is 0 Å². The van der Waals surface area contributed by atoms with E-state index in [1.165, 1.54) is 0 Å². The van der Waals surface area contributed by atoms with Crippen molar-refractivity contribution < 1.29 is 9.09 Å². The van der Waals surface area contributed by atoms with Gasteiger partial charge < -0.3 is 10.3 Å². The van der Waals surface area contributed by atoms with Crippen molar-refractivity contribution in [2.75, 3.05) is 18.1 Å². The highest BCUT2D eigenvalue weighted by molar-refractivity contribution is 7.59. The number of hydrogen-bond donors (Lipinski definition) is 1. The predicted octanol–water partition coefficient (Wildman–Crippen LogP) is 3.27. The summed E-state index contributed by atoms with van der Waals surface area (Å²) in [6.45, 7) is 5.70. The Kier molecular flexibility index (Phi) is 3.81. The van der Waals surface area contributed by atoms with E-state index in [4.69, 9.17) is 10.3 Å². The zero-order valence-corrected chi connectivity index (χ0v) is 10.4. The highest BCUT2D eigenvalue weighted by atomic mass is 31.2. The van der Waals surface area contributed by atoms with Gasteiger partial charge in [0.2, 0.25) is 7.37 Å². The summed E-state index contributed by atoms with van der Waals surface area (Å²) in [6, 6.07) is 5.51. The van der Waals surface area contributed by atoms with Gasteiger partial charge in [0.25, 0.3) is 0 Å². The minimum absolute atomic E-state index is 0.535. The van der Waals surface area contributed by atoms with Crippen molar-refractivity contribution in [1.82, 2.24) is 0 Å². The maximum absolute atomic E-state index is 12.1. The van der Waals surface area contributed by atoms with Crippen LogP contribution in [0.1, 0.15) is 19.4 Å². The fraction of sp³-hybridized carbons (Fsp3) is 0.455. The summed E-state index contributed by atoms with van der Waals surface area (Å²) in [5, 5.41) is 0. The molecule has 0 aliphatic rings. The second-order valence-corrected chi connectivity index (χ2v) is 6.66. The Morgan fingerprint density at radius 3 is 2.40 bits per heavy atom. The Bertz CT molecular complexity index is 382. The minimum Gasteiger partial charge on any atom is -0.441 e. The van der Waals surface area contributed by atoms with E-state index in [2.05, 4.69) is 0 Å². The van der Waals surface area contributed by atoms with E-state index < -0.39 is 7.37 Å². The molecule has 0 aliphatic heterocycles. The molecule has 0 aliphatic carbocycles. The van der Waals surface area contributed by atoms with Crippen molar-refractivity contribution in [1.29, 1.82) is 0 Å². The number of anilines is 1. The summed E-state index contributed by atoms with van der Waals surface area (Å²) in [7, 11) is -2.53. The van der Waals surface area contributed by atoms with Crippen molar-refractivity contribution in [3.63, 3.8) is 0 Å². The molecular weight excluding hydrogens is 209 g/mol. The summed E-state index contributed by atoms with van der Waals surface area (Å²) in [5.74, 6) is 0.535. The van der Waals surface area contributed by atoms with Crippen molar-refractivity contribution >= 4 is 13.1 Å². The van der Waals surface area contributed by atoms with E-state index in [1.807, 2.05) is 32.9 Å². The highest BCUT2D eigenvalue weighted by Gasteiger charge is 2.20. The maximum Gasteiger partial charge on any atom is 0.247 e. The fourth-order valence-electron chi connectivity index (χ4n) is 1.28. The van der Waals surface area contributed by atoms with E-state index in [0.29, 0.717) is 23.8 Å². The zero-order valence-electron chi connectivity index (χ0n) is 9.49. The Labute approximate surface area is 91.1 Å². The lowest BCUT2D eigenvalue weighted by Gasteiger charge is -2.17. The molecule has 84 valence electrons. The molecule has 0 heterocycles. The van der Waals surface area contributed by atoms with E-state index >= 15 is 0 Å². The van der Waals surface area contributed by atoms with Gasteiger partial charge in [0.05, 0.1) is 5.69 Å². The van der Waals surface area contributed by atoms with Crippen LogP contribution < -0.4 is 10.3 Å². The number of nitrogen functional groups attached to an aromatic ring is 1. The molecule has 1 aromatic rings. The summed E-state index contributed by atoms with van der Waals surface area (Å²) in [6.07, 6.45) is 1.08. The van der Waals surface area contributed by atoms with Crippen molar-refractivity contribution in [3.8, 4) is 5.75 Å². The average Bonchev–Trinajstić information content (AvgIpc) is 2.22. The average molecular weight is 227 g/mol. The summed E-state index contributed by atoms with van der Waals surface area (Å²) < 4.78 is 17.6. The number of rotatable bonds is 4. The Morgan fingerprint density at radius 1 is 1.33 bits per heavy atom. The first-order valence-corrected chi connectivity index (χ1v) is 7.14. The number of benzene rings is 1. The summed E-state index contributed by atoms with van der Waals surface area (Å²) in [5.41, 5.74) is 7.42. The van der Waals surface area contributed by atoms with E-state index in [1.54, 1.807) is 6.07 Å². The summed E-state index contributed by atoms with van der Waals surface area (Å²) >= 11 is 0. The molecule has 1 rings (SSSR count). The van der Waals surface area contributed by atoms with E-state index in [9.17, 15) is 4.57 Å². The molecule has 0 amide bonds. The highest BCUT2D eigenvalue weighted by Crippen LogP contribution is 2.47. The van der Waals surface area contributed by atoms with Gasteiger partial charge in [-0.05, 0) is 24.6 Å². The van der Waals surface area contributed by atoms with Crippen LogP contribution in [0.25, 0.3) is 0 Å². The molecule has 4 heteroatoms. The molecule has 3 nitrogen and oxygen atoms in total. The molecule has 0 fully saturated rings. The Hall–Kier alpha value is -0.950. The molecule has 15 heavy (non-hydrogen) atoms. The quantitative estimate of drug-likeness (QED) is 0.634. The Balaban J connectivity index is 2.94. The van der Waals surface area contributed by atoms with Gasteiger partial charge in [-0.25, -0.2) is 0 Å². The van der Waals surface area contributed by atoms with Gasteiger partial charge in [-0.2, -0.15) is 0 Å². The van der Waals surface area contributed by atoms with Crippen LogP contribution in [0.4, 0.5) is 5.69 Å². The molecule has 0 spiro atoms. The lowest BCUT2D eigenvalue weighted by atomic mass is 10.2. The molecule has 0 atom stereocenters. The number of aryl methyl sites for hydroxylation is 1. The number of hydrogen-bond acceptors (Lipinski definition) is 3. The third-order valence-corrected chi connectivity index (χ3v) is 4.85. The molecule has 0 aromatic heterocycles. The molecule has 0 saturated carbocycles. The molecule has 0 radical (unpaired) electrons. The van der Waals surface area contributed by atoms with Crippen LogP contribution in [0.15, 0.2) is 18.2 Å². The minimum atomic E-state index is -2.53. The first kappa shape index (κ1) is 12.1. The SMILES string of the molecule is CCP(=O)(CC)Oc1ccc(C)cc1N. The van der Waals surface area contributed by atoms with E-state index in [-0.39, 0.29) is 0 Å². The summed E-state index contributed by atoms with van der Waals surface area (Å²) in [4.78, 5) is 0. The van der Waals surface area contributed by atoms with Crippen LogP contribution in [-0.2, 0) is 4.57 Å². The van der Waals surface area contributed by atoms with Crippen LogP contribution in [0.2, 0.25) is 0 Å². The van der Waals surface area contributed by atoms with Gasteiger partial charge in [-0.1, -0.05) is 19.9 Å². The molecule has 2 N–H and O–H groups in total. The third kappa shape index (κ3) is 3.00. The topological polar surface area (TPSA) is 52.3 Å². The van der Waals surface area contributed by atoms with Gasteiger partial charge in [0.15, 0.2) is 0 Å². The smallest absolute Gasteiger partial charge is 0.247 e. The van der Waals surface area contributed by atoms with Crippen LogP contribution in [0.3, 0.4) is 0 Å². The lowest BCUT2D eigenvalue weighted by Crippen LogP contribution is -2.00. The molecule has 0 unspecified atom stereocenters. The number of nitrogens with two attached hydrogens (primary N) is 1. The largest absolute Gasteiger partial charge is 0.441 e. The normalized spacial score (nSPS) is 11.4. The van der Waals surface area contributed by atoms with Crippen LogP contribution in [0, 0.1) is 6.92 Å². The van der Waals surface area contributed by atoms with Crippen LogP contribution in [-0.4, -0.2) is 12.3 Å². The van der Waals surface area contributed by atoms with Gasteiger partial charge in [0, 0.05) is 12.3 Å². The van der Waals surface area contributed by atoms with Crippen LogP contribution in [0.5, 0.6) is 5.75 Å². The fourth-order valence-corrected chi connectivity index (χ4v) is 2.51. The van der Waals surface area contributed by atoms with Crippen LogP contribution >= 0.6 is 7.37 Å². The van der Waals surface area contributed by atoms with Gasteiger partial charge >= 0.3 is 0 Å². The van der Waals surface area contributed by atoms with Gasteiger partial charge in [0.1, 0.15) is 5.75 Å². The monoisotopic (exact) mass is 227 g/mol. The van der Waals surface area contributed by atoms with Crippen molar-refractivity contribution in [2.45, 2.75) is 20.8 Å². The van der Waals surface area contributed by atoms with Crippen molar-refractivity contribution in [3.05, 3.63) is 23.8 Å². The lowest BCUT2D eigenvalue weighted by molar-refractivity contribution is 0.485. The predicted molar refractivity (Wildman–Crippen MR) is 64.9 cm³/mol. The maximum atomic E-state index is 12.1. The third-order valence-electron chi connectivity index (χ3n) is 2.39. The second-order valence-electron chi connectivity index (χ2n) is 3.58. The standard InChI is InChI=1S/C11H18NO2P/c1-4-15(13,5-2)14-11-7-6-9(3)8-10(11)12/h6-8H,4-5,12H2,1-3H3.